The minimum absolute atomic E-state index is 0.393. The van der Waals surface area contributed by atoms with Gasteiger partial charge in [-0.2, -0.15) is 0 Å². The van der Waals surface area contributed by atoms with Crippen molar-refractivity contribution in [1.82, 2.24) is 10.2 Å². The molecule has 0 saturated carbocycles. The number of likely N-dealkylation sites (tertiary alicyclic amines) is 1. The van der Waals surface area contributed by atoms with E-state index in [0.29, 0.717) is 6.10 Å². The summed E-state index contributed by atoms with van der Waals surface area (Å²) < 4.78 is 5.84. The highest BCUT2D eigenvalue weighted by Crippen LogP contribution is 2.08. The molecule has 1 atom stereocenters. The Morgan fingerprint density at radius 1 is 1.18 bits per heavy atom. The SMILES string of the molecule is CCCNCCC(C)OCCN1CCCCC1. The van der Waals surface area contributed by atoms with Crippen LogP contribution in [0.4, 0.5) is 0 Å². The number of hydrogen-bond acceptors (Lipinski definition) is 3. The quantitative estimate of drug-likeness (QED) is 0.628. The van der Waals surface area contributed by atoms with Gasteiger partial charge in [-0.15, -0.1) is 0 Å². The first-order chi connectivity index (χ1) is 8.33. The Labute approximate surface area is 107 Å². The number of nitrogens with one attached hydrogen (secondary N) is 1. The summed E-state index contributed by atoms with van der Waals surface area (Å²) in [5.41, 5.74) is 0. The van der Waals surface area contributed by atoms with Crippen LogP contribution >= 0.6 is 0 Å². The molecule has 1 fully saturated rings. The third-order valence-corrected chi connectivity index (χ3v) is 3.41. The molecule has 3 heteroatoms. The maximum atomic E-state index is 5.84. The van der Waals surface area contributed by atoms with Crippen molar-refractivity contribution in [2.45, 2.75) is 52.1 Å². The molecule has 0 aromatic heterocycles. The highest BCUT2D eigenvalue weighted by molar-refractivity contribution is 4.64. The minimum atomic E-state index is 0.393. The van der Waals surface area contributed by atoms with Crippen LogP contribution in [0.5, 0.6) is 0 Å². The highest BCUT2D eigenvalue weighted by Gasteiger charge is 2.10. The van der Waals surface area contributed by atoms with Crippen LogP contribution in [-0.4, -0.2) is 50.3 Å². The first-order valence-electron chi connectivity index (χ1n) is 7.37. The zero-order valence-electron chi connectivity index (χ0n) is 11.7. The molecule has 1 saturated heterocycles. The van der Waals surface area contributed by atoms with Gasteiger partial charge in [-0.1, -0.05) is 13.3 Å². The fourth-order valence-corrected chi connectivity index (χ4v) is 2.26. The molecule has 0 bridgehead atoms. The van der Waals surface area contributed by atoms with Gasteiger partial charge in [0.15, 0.2) is 0 Å². The molecule has 0 radical (unpaired) electrons. The van der Waals surface area contributed by atoms with Gasteiger partial charge in [-0.05, 0) is 58.8 Å². The topological polar surface area (TPSA) is 24.5 Å². The molecule has 0 aromatic carbocycles. The molecule has 102 valence electrons. The Morgan fingerprint density at radius 2 is 1.94 bits per heavy atom. The average Bonchev–Trinajstić information content (AvgIpc) is 2.36. The van der Waals surface area contributed by atoms with Crippen LogP contribution in [0, 0.1) is 0 Å². The van der Waals surface area contributed by atoms with E-state index in [1.165, 1.54) is 38.8 Å². The van der Waals surface area contributed by atoms with E-state index in [2.05, 4.69) is 24.1 Å². The van der Waals surface area contributed by atoms with Gasteiger partial charge in [0.05, 0.1) is 12.7 Å². The van der Waals surface area contributed by atoms with E-state index in [0.717, 1.165) is 32.7 Å². The van der Waals surface area contributed by atoms with Crippen LogP contribution in [0.25, 0.3) is 0 Å². The molecular weight excluding hydrogens is 212 g/mol. The van der Waals surface area contributed by atoms with Crippen molar-refractivity contribution in [2.24, 2.45) is 0 Å². The van der Waals surface area contributed by atoms with Gasteiger partial charge in [-0.3, -0.25) is 0 Å². The second-order valence-electron chi connectivity index (χ2n) is 5.12. The number of rotatable bonds is 9. The highest BCUT2D eigenvalue weighted by atomic mass is 16.5. The lowest BCUT2D eigenvalue weighted by molar-refractivity contribution is 0.0405. The predicted octanol–water partition coefficient (Wildman–Crippen LogP) is 2.27. The molecular formula is C14H30N2O. The van der Waals surface area contributed by atoms with Crippen molar-refractivity contribution in [1.29, 1.82) is 0 Å². The predicted molar refractivity (Wildman–Crippen MR) is 73.5 cm³/mol. The number of nitrogens with zero attached hydrogens (tertiary/aromatic N) is 1. The van der Waals surface area contributed by atoms with Crippen LogP contribution in [0.2, 0.25) is 0 Å². The first-order valence-corrected chi connectivity index (χ1v) is 7.37. The zero-order valence-corrected chi connectivity index (χ0v) is 11.7. The molecule has 0 aromatic rings. The third-order valence-electron chi connectivity index (χ3n) is 3.41. The van der Waals surface area contributed by atoms with Crippen molar-refractivity contribution in [3.05, 3.63) is 0 Å². The largest absolute Gasteiger partial charge is 0.377 e. The van der Waals surface area contributed by atoms with Gasteiger partial charge in [0.25, 0.3) is 0 Å². The van der Waals surface area contributed by atoms with Crippen LogP contribution in [0.3, 0.4) is 0 Å². The van der Waals surface area contributed by atoms with E-state index in [4.69, 9.17) is 4.74 Å². The number of ether oxygens (including phenoxy) is 1. The van der Waals surface area contributed by atoms with Gasteiger partial charge in [0, 0.05) is 6.54 Å². The second kappa shape index (κ2) is 9.86. The van der Waals surface area contributed by atoms with Gasteiger partial charge in [0.1, 0.15) is 0 Å². The van der Waals surface area contributed by atoms with Gasteiger partial charge in [0.2, 0.25) is 0 Å². The number of hydrogen-bond donors (Lipinski definition) is 1. The van der Waals surface area contributed by atoms with Crippen LogP contribution < -0.4 is 5.32 Å². The summed E-state index contributed by atoms with van der Waals surface area (Å²) in [4.78, 5) is 2.53. The molecule has 1 aliphatic rings. The van der Waals surface area contributed by atoms with Gasteiger partial charge in [-0.25, -0.2) is 0 Å². The fraction of sp³-hybridized carbons (Fsp3) is 1.00. The van der Waals surface area contributed by atoms with Gasteiger partial charge < -0.3 is 15.0 Å². The van der Waals surface area contributed by atoms with E-state index < -0.39 is 0 Å². The van der Waals surface area contributed by atoms with Crippen molar-refractivity contribution in [2.75, 3.05) is 39.3 Å². The molecule has 17 heavy (non-hydrogen) atoms. The lowest BCUT2D eigenvalue weighted by Crippen LogP contribution is -2.33. The molecule has 1 rings (SSSR count). The van der Waals surface area contributed by atoms with E-state index in [9.17, 15) is 0 Å². The monoisotopic (exact) mass is 242 g/mol. The third kappa shape index (κ3) is 7.74. The molecule has 0 spiro atoms. The zero-order chi connectivity index (χ0) is 12.3. The summed E-state index contributed by atoms with van der Waals surface area (Å²) in [6.45, 7) is 11.2. The van der Waals surface area contributed by atoms with Crippen molar-refractivity contribution in [3.8, 4) is 0 Å². The van der Waals surface area contributed by atoms with Gasteiger partial charge >= 0.3 is 0 Å². The Kier molecular flexibility index (Phi) is 8.67. The summed E-state index contributed by atoms with van der Waals surface area (Å²) in [6, 6.07) is 0. The molecule has 1 unspecified atom stereocenters. The van der Waals surface area contributed by atoms with E-state index >= 15 is 0 Å². The normalized spacial score (nSPS) is 19.4. The molecule has 1 aliphatic heterocycles. The van der Waals surface area contributed by atoms with Crippen LogP contribution in [0.1, 0.15) is 46.0 Å². The van der Waals surface area contributed by atoms with Crippen molar-refractivity contribution < 1.29 is 4.74 Å². The van der Waals surface area contributed by atoms with Crippen LogP contribution in [-0.2, 0) is 4.74 Å². The van der Waals surface area contributed by atoms with E-state index in [1.807, 2.05) is 0 Å². The molecule has 3 nitrogen and oxygen atoms in total. The summed E-state index contributed by atoms with van der Waals surface area (Å²) in [5.74, 6) is 0. The summed E-state index contributed by atoms with van der Waals surface area (Å²) >= 11 is 0. The van der Waals surface area contributed by atoms with E-state index in [-0.39, 0.29) is 0 Å². The summed E-state index contributed by atoms with van der Waals surface area (Å²) in [7, 11) is 0. The van der Waals surface area contributed by atoms with Crippen LogP contribution in [0.15, 0.2) is 0 Å². The maximum Gasteiger partial charge on any atom is 0.0597 e. The smallest absolute Gasteiger partial charge is 0.0597 e. The van der Waals surface area contributed by atoms with E-state index in [1.54, 1.807) is 0 Å². The Balaban J connectivity index is 1.90. The Bertz CT molecular complexity index is 170. The summed E-state index contributed by atoms with van der Waals surface area (Å²) in [5, 5.41) is 3.42. The first kappa shape index (κ1) is 14.9. The fourth-order valence-electron chi connectivity index (χ4n) is 2.26. The molecule has 1 N–H and O–H groups in total. The molecule has 1 heterocycles. The minimum Gasteiger partial charge on any atom is -0.377 e. The summed E-state index contributed by atoms with van der Waals surface area (Å²) in [6.07, 6.45) is 6.89. The molecule has 0 amide bonds. The Hall–Kier alpha value is -0.120. The maximum absolute atomic E-state index is 5.84. The average molecular weight is 242 g/mol. The lowest BCUT2D eigenvalue weighted by atomic mass is 10.1. The lowest BCUT2D eigenvalue weighted by Gasteiger charge is -2.26. The Morgan fingerprint density at radius 3 is 2.65 bits per heavy atom. The van der Waals surface area contributed by atoms with Crippen molar-refractivity contribution in [3.63, 3.8) is 0 Å². The second-order valence-corrected chi connectivity index (χ2v) is 5.12. The molecule has 0 aliphatic carbocycles. The standard InChI is InChI=1S/C14H30N2O/c1-3-8-15-9-7-14(2)17-13-12-16-10-5-4-6-11-16/h14-15H,3-13H2,1-2H3. The van der Waals surface area contributed by atoms with Crippen molar-refractivity contribution >= 4 is 0 Å². The number of piperidine rings is 1.